The van der Waals surface area contributed by atoms with E-state index < -0.39 is 18.0 Å². The molecule has 0 radical (unpaired) electrons. The van der Waals surface area contributed by atoms with E-state index in [1.165, 1.54) is 18.2 Å². The van der Waals surface area contributed by atoms with E-state index >= 15 is 0 Å². The number of carbonyl (C=O) groups is 1. The first-order valence-electron chi connectivity index (χ1n) is 12.4. The van der Waals surface area contributed by atoms with Crippen LogP contribution in [0.4, 0.5) is 26.2 Å². The van der Waals surface area contributed by atoms with Crippen molar-refractivity contribution in [1.29, 1.82) is 0 Å². The fraction of sp³-hybridized carbons (Fsp3) is 0.0968. The van der Waals surface area contributed by atoms with Crippen LogP contribution in [0.1, 0.15) is 29.7 Å². The largest absolute Gasteiger partial charge is 0.438 e. The van der Waals surface area contributed by atoms with Crippen LogP contribution < -0.4 is 21.1 Å². The second kappa shape index (κ2) is 11.2. The number of hydrogen-bond donors (Lipinski definition) is 4. The summed E-state index contributed by atoms with van der Waals surface area (Å²) >= 11 is 0. The Bertz CT molecular complexity index is 1640. The normalized spacial score (nSPS) is 11.7. The Hall–Kier alpha value is -4.95. The van der Waals surface area contributed by atoms with E-state index in [4.69, 9.17) is 15.5 Å². The number of benzene rings is 4. The van der Waals surface area contributed by atoms with Crippen LogP contribution in [0.15, 0.2) is 97.1 Å². The lowest BCUT2D eigenvalue weighted by Crippen LogP contribution is -2.19. The first-order chi connectivity index (χ1) is 18.8. The summed E-state index contributed by atoms with van der Waals surface area (Å²) in [5.41, 5.74) is 10.3. The number of rotatable bonds is 7. The van der Waals surface area contributed by atoms with Gasteiger partial charge in [0.25, 0.3) is 0 Å². The van der Waals surface area contributed by atoms with Gasteiger partial charge in [0, 0.05) is 40.0 Å². The highest BCUT2D eigenvalue weighted by molar-refractivity contribution is 6.01. The molecule has 5 N–H and O–H groups in total. The van der Waals surface area contributed by atoms with Crippen molar-refractivity contribution in [2.45, 2.75) is 19.4 Å². The molecule has 39 heavy (non-hydrogen) atoms. The van der Waals surface area contributed by atoms with Crippen LogP contribution >= 0.6 is 0 Å². The minimum Gasteiger partial charge on any atom is -0.438 e. The second-order valence-electron chi connectivity index (χ2n) is 9.19. The van der Waals surface area contributed by atoms with Gasteiger partial charge in [0.2, 0.25) is 5.88 Å². The molecule has 2 amide bonds. The summed E-state index contributed by atoms with van der Waals surface area (Å²) in [7, 11) is 0. The second-order valence-corrected chi connectivity index (χ2v) is 9.19. The quantitative estimate of drug-likeness (QED) is 0.172. The van der Waals surface area contributed by atoms with Gasteiger partial charge in [-0.15, -0.1) is 0 Å². The summed E-state index contributed by atoms with van der Waals surface area (Å²) < 4.78 is 20.0. The number of nitrogens with one attached hydrogen (secondary N) is 2. The van der Waals surface area contributed by atoms with Crippen molar-refractivity contribution < 1.29 is 19.0 Å². The van der Waals surface area contributed by atoms with Gasteiger partial charge in [-0.1, -0.05) is 36.4 Å². The molecule has 0 spiro atoms. The molecule has 1 aromatic heterocycles. The molecule has 5 aromatic rings. The first-order valence-corrected chi connectivity index (χ1v) is 12.4. The van der Waals surface area contributed by atoms with E-state index in [9.17, 15) is 14.3 Å². The van der Waals surface area contributed by atoms with E-state index in [1.807, 2.05) is 42.5 Å². The van der Waals surface area contributed by atoms with Gasteiger partial charge in [-0.25, -0.2) is 14.2 Å². The smallest absolute Gasteiger partial charge is 0.323 e. The highest BCUT2D eigenvalue weighted by atomic mass is 19.1. The number of carbonyl (C=O) groups excluding carboxylic acids is 1. The zero-order chi connectivity index (χ0) is 27.4. The molecule has 1 atom stereocenters. The number of fused-ring (bicyclic) bond motifs is 1. The Kier molecular flexibility index (Phi) is 7.38. The van der Waals surface area contributed by atoms with Crippen LogP contribution in [0.5, 0.6) is 11.6 Å². The predicted molar refractivity (Wildman–Crippen MR) is 152 cm³/mol. The summed E-state index contributed by atoms with van der Waals surface area (Å²) in [6.07, 6.45) is -0.404. The number of hydrogen-bond acceptors (Lipinski definition) is 5. The molecule has 4 aromatic carbocycles. The number of nitrogen functional groups attached to an aromatic ring is 1. The SMILES string of the molecule is CC(O)c1cc(F)ccc1Oc1nc2ccc(NC(=O)Nc3cccc(N)c3)cc2cc1Cc1ccccc1. The maximum absolute atomic E-state index is 13.9. The third-order valence-electron chi connectivity index (χ3n) is 6.12. The molecule has 0 saturated carbocycles. The molecule has 0 aliphatic rings. The molecule has 196 valence electrons. The maximum Gasteiger partial charge on any atom is 0.323 e. The highest BCUT2D eigenvalue weighted by Gasteiger charge is 2.16. The number of ether oxygens (including phenoxy) is 1. The standard InChI is InChI=1S/C31H27FN4O3/c1-19(37)27-17-23(32)10-13-29(27)39-30-22(14-20-6-3-2-4-7-20)15-21-16-26(11-12-28(21)36-30)35-31(38)34-25-9-5-8-24(33)18-25/h2-13,15-19,37H,14,33H2,1H3,(H2,34,35,38). The molecule has 0 saturated heterocycles. The number of pyridine rings is 1. The van der Waals surface area contributed by atoms with Gasteiger partial charge in [0.15, 0.2) is 0 Å². The summed E-state index contributed by atoms with van der Waals surface area (Å²) in [6, 6.07) is 27.7. The number of halogens is 1. The van der Waals surface area contributed by atoms with Gasteiger partial charge in [-0.2, -0.15) is 0 Å². The first kappa shape index (κ1) is 25.7. The molecule has 0 bridgehead atoms. The Morgan fingerprint density at radius 1 is 0.949 bits per heavy atom. The van der Waals surface area contributed by atoms with E-state index in [0.29, 0.717) is 46.2 Å². The topological polar surface area (TPSA) is 110 Å². The van der Waals surface area contributed by atoms with E-state index in [-0.39, 0.29) is 0 Å². The molecule has 5 rings (SSSR count). The molecule has 0 aliphatic heterocycles. The highest BCUT2D eigenvalue weighted by Crippen LogP contribution is 2.34. The summed E-state index contributed by atoms with van der Waals surface area (Å²) in [5, 5.41) is 16.6. The molecule has 8 heteroatoms. The number of aliphatic hydroxyl groups is 1. The Morgan fingerprint density at radius 3 is 2.46 bits per heavy atom. The van der Waals surface area contributed by atoms with Gasteiger partial charge < -0.3 is 26.2 Å². The fourth-order valence-electron chi connectivity index (χ4n) is 4.26. The van der Waals surface area contributed by atoms with E-state index in [2.05, 4.69) is 10.6 Å². The number of amides is 2. The van der Waals surface area contributed by atoms with Crippen molar-refractivity contribution in [3.8, 4) is 11.6 Å². The van der Waals surface area contributed by atoms with Crippen molar-refractivity contribution in [2.75, 3.05) is 16.4 Å². The van der Waals surface area contributed by atoms with Gasteiger partial charge in [-0.05, 0) is 73.2 Å². The Balaban J connectivity index is 1.47. The Morgan fingerprint density at radius 2 is 1.72 bits per heavy atom. The lowest BCUT2D eigenvalue weighted by molar-refractivity contribution is 0.195. The molecule has 1 heterocycles. The minimum atomic E-state index is -0.930. The zero-order valence-electron chi connectivity index (χ0n) is 21.2. The minimum absolute atomic E-state index is 0.323. The monoisotopic (exact) mass is 522 g/mol. The molecular formula is C31H27FN4O3. The van der Waals surface area contributed by atoms with Crippen LogP contribution in [0.25, 0.3) is 10.9 Å². The van der Waals surface area contributed by atoms with E-state index in [1.54, 1.807) is 43.3 Å². The number of anilines is 3. The van der Waals surface area contributed by atoms with Crippen molar-refractivity contribution in [2.24, 2.45) is 0 Å². The van der Waals surface area contributed by atoms with Crippen LogP contribution in [-0.4, -0.2) is 16.1 Å². The van der Waals surface area contributed by atoms with Crippen molar-refractivity contribution in [3.63, 3.8) is 0 Å². The summed E-state index contributed by atoms with van der Waals surface area (Å²) in [4.78, 5) is 17.3. The zero-order valence-corrected chi connectivity index (χ0v) is 21.2. The third-order valence-corrected chi connectivity index (χ3v) is 6.12. The lowest BCUT2D eigenvalue weighted by Gasteiger charge is -2.16. The van der Waals surface area contributed by atoms with Crippen LogP contribution in [0.3, 0.4) is 0 Å². The Labute approximate surface area is 225 Å². The van der Waals surface area contributed by atoms with Crippen molar-refractivity contribution in [3.05, 3.63) is 120 Å². The number of aliphatic hydroxyl groups excluding tert-OH is 1. The number of nitrogens with zero attached hydrogens (tertiary/aromatic N) is 1. The molecule has 0 aliphatic carbocycles. The number of urea groups is 1. The van der Waals surface area contributed by atoms with Crippen molar-refractivity contribution >= 4 is 34.0 Å². The van der Waals surface area contributed by atoms with Crippen LogP contribution in [0.2, 0.25) is 0 Å². The molecular weight excluding hydrogens is 495 g/mol. The third kappa shape index (κ3) is 6.31. The average Bonchev–Trinajstić information content (AvgIpc) is 2.90. The number of aromatic nitrogens is 1. The van der Waals surface area contributed by atoms with E-state index in [0.717, 1.165) is 16.5 Å². The molecule has 7 nitrogen and oxygen atoms in total. The van der Waals surface area contributed by atoms with Crippen molar-refractivity contribution in [1.82, 2.24) is 4.98 Å². The van der Waals surface area contributed by atoms with Gasteiger partial charge >= 0.3 is 6.03 Å². The van der Waals surface area contributed by atoms with Gasteiger partial charge in [0.1, 0.15) is 11.6 Å². The predicted octanol–water partition coefficient (Wildman–Crippen LogP) is 7.04. The number of nitrogens with two attached hydrogens (primary N) is 1. The van der Waals surface area contributed by atoms with Crippen LogP contribution in [0, 0.1) is 5.82 Å². The van der Waals surface area contributed by atoms with Gasteiger partial charge in [0.05, 0.1) is 11.6 Å². The average molecular weight is 523 g/mol. The summed E-state index contributed by atoms with van der Waals surface area (Å²) in [5.74, 6) is 0.207. The molecule has 1 unspecified atom stereocenters. The molecule has 0 fully saturated rings. The van der Waals surface area contributed by atoms with Gasteiger partial charge in [-0.3, -0.25) is 0 Å². The van der Waals surface area contributed by atoms with Crippen LogP contribution in [-0.2, 0) is 6.42 Å². The maximum atomic E-state index is 13.9. The fourth-order valence-corrected chi connectivity index (χ4v) is 4.26. The lowest BCUT2D eigenvalue weighted by atomic mass is 10.0. The summed E-state index contributed by atoms with van der Waals surface area (Å²) in [6.45, 7) is 1.55.